The summed E-state index contributed by atoms with van der Waals surface area (Å²) < 4.78 is 16.4. The van der Waals surface area contributed by atoms with Gasteiger partial charge in [-0.2, -0.15) is 0 Å². The van der Waals surface area contributed by atoms with Crippen molar-refractivity contribution in [3.05, 3.63) is 54.1 Å². The Morgan fingerprint density at radius 1 is 1.05 bits per heavy atom. The zero-order valence-electron chi connectivity index (χ0n) is 11.0. The molecule has 1 heterocycles. The summed E-state index contributed by atoms with van der Waals surface area (Å²) in [5.74, 6) is 2.27. The molecule has 1 atom stereocenters. The smallest absolute Gasteiger partial charge is 0.231 e. The fourth-order valence-corrected chi connectivity index (χ4v) is 2.17. The number of aliphatic hydroxyl groups is 1. The van der Waals surface area contributed by atoms with E-state index in [1.165, 1.54) is 0 Å². The van der Waals surface area contributed by atoms with Crippen molar-refractivity contribution in [2.75, 3.05) is 13.4 Å². The molecule has 0 saturated heterocycles. The van der Waals surface area contributed by atoms with Crippen molar-refractivity contribution in [2.45, 2.75) is 12.5 Å². The Hall–Kier alpha value is -2.20. The second-order valence-electron chi connectivity index (χ2n) is 4.63. The Morgan fingerprint density at radius 2 is 1.85 bits per heavy atom. The van der Waals surface area contributed by atoms with E-state index in [1.807, 2.05) is 48.5 Å². The van der Waals surface area contributed by atoms with Crippen molar-refractivity contribution in [2.24, 2.45) is 0 Å². The van der Waals surface area contributed by atoms with E-state index in [9.17, 15) is 5.11 Å². The Bertz CT molecular complexity index is 568. The number of rotatable bonds is 5. The van der Waals surface area contributed by atoms with Gasteiger partial charge in [0, 0.05) is 6.42 Å². The van der Waals surface area contributed by atoms with Crippen molar-refractivity contribution >= 4 is 0 Å². The third-order valence-electron chi connectivity index (χ3n) is 3.15. The molecular weight excluding hydrogens is 256 g/mol. The van der Waals surface area contributed by atoms with Crippen LogP contribution in [0.1, 0.15) is 5.56 Å². The molecule has 2 aromatic carbocycles. The maximum atomic E-state index is 9.46. The van der Waals surface area contributed by atoms with Crippen molar-refractivity contribution in [3.63, 3.8) is 0 Å². The number of benzene rings is 2. The number of fused-ring (bicyclic) bond motifs is 1. The Labute approximate surface area is 117 Å². The van der Waals surface area contributed by atoms with Gasteiger partial charge in [0.25, 0.3) is 0 Å². The van der Waals surface area contributed by atoms with E-state index in [4.69, 9.17) is 14.2 Å². The number of hydrogen-bond donors (Lipinski definition) is 1. The van der Waals surface area contributed by atoms with Gasteiger partial charge in [-0.25, -0.2) is 0 Å². The molecule has 1 aliphatic heterocycles. The molecule has 104 valence electrons. The van der Waals surface area contributed by atoms with Crippen LogP contribution in [0, 0.1) is 0 Å². The molecule has 0 aliphatic carbocycles. The highest BCUT2D eigenvalue weighted by Crippen LogP contribution is 2.32. The van der Waals surface area contributed by atoms with E-state index in [-0.39, 0.29) is 19.5 Å². The molecule has 1 unspecified atom stereocenters. The second kappa shape index (κ2) is 5.84. The van der Waals surface area contributed by atoms with Crippen LogP contribution in [0.3, 0.4) is 0 Å². The molecule has 0 amide bonds. The van der Waals surface area contributed by atoms with E-state index in [1.54, 1.807) is 0 Å². The van der Waals surface area contributed by atoms with Crippen LogP contribution < -0.4 is 14.2 Å². The summed E-state index contributed by atoms with van der Waals surface area (Å²) in [6.07, 6.45) is 0.333. The molecule has 3 rings (SSSR count). The van der Waals surface area contributed by atoms with Gasteiger partial charge in [-0.3, -0.25) is 0 Å². The molecule has 2 aromatic rings. The minimum Gasteiger partial charge on any atom is -0.488 e. The first kappa shape index (κ1) is 12.8. The van der Waals surface area contributed by atoms with Gasteiger partial charge in [-0.15, -0.1) is 0 Å². The molecule has 0 fully saturated rings. The van der Waals surface area contributed by atoms with E-state index >= 15 is 0 Å². The molecule has 0 aromatic heterocycles. The molecule has 0 radical (unpaired) electrons. The van der Waals surface area contributed by atoms with Crippen LogP contribution in [-0.2, 0) is 6.42 Å². The van der Waals surface area contributed by atoms with Crippen LogP contribution in [0.2, 0.25) is 0 Å². The average Bonchev–Trinajstić information content (AvgIpc) is 2.95. The zero-order valence-corrected chi connectivity index (χ0v) is 11.0. The summed E-state index contributed by atoms with van der Waals surface area (Å²) in [6.45, 7) is 0.228. The number of para-hydroxylation sites is 1. The lowest BCUT2D eigenvalue weighted by Crippen LogP contribution is -2.23. The maximum Gasteiger partial charge on any atom is 0.231 e. The topological polar surface area (TPSA) is 47.9 Å². The van der Waals surface area contributed by atoms with Gasteiger partial charge in [0.2, 0.25) is 6.79 Å². The fourth-order valence-electron chi connectivity index (χ4n) is 2.17. The summed E-state index contributed by atoms with van der Waals surface area (Å²) in [5.41, 5.74) is 1.05. The van der Waals surface area contributed by atoms with Crippen molar-refractivity contribution in [1.82, 2.24) is 0 Å². The zero-order chi connectivity index (χ0) is 13.8. The second-order valence-corrected chi connectivity index (χ2v) is 4.63. The first-order valence-corrected chi connectivity index (χ1v) is 6.56. The molecule has 1 N–H and O–H groups in total. The van der Waals surface area contributed by atoms with Gasteiger partial charge >= 0.3 is 0 Å². The highest BCUT2D eigenvalue weighted by atomic mass is 16.7. The molecule has 4 nitrogen and oxygen atoms in total. The summed E-state index contributed by atoms with van der Waals surface area (Å²) in [7, 11) is 0. The normalized spacial score (nSPS) is 14.1. The fraction of sp³-hybridized carbons (Fsp3) is 0.250. The monoisotopic (exact) mass is 272 g/mol. The molecule has 0 saturated carbocycles. The van der Waals surface area contributed by atoms with Gasteiger partial charge in [-0.1, -0.05) is 24.3 Å². The van der Waals surface area contributed by atoms with Gasteiger partial charge in [0.15, 0.2) is 11.5 Å². The first-order valence-electron chi connectivity index (χ1n) is 6.56. The minimum atomic E-state index is -0.280. The van der Waals surface area contributed by atoms with Crippen LogP contribution in [-0.4, -0.2) is 24.6 Å². The van der Waals surface area contributed by atoms with E-state index in [0.717, 1.165) is 22.8 Å². The third kappa shape index (κ3) is 2.86. The van der Waals surface area contributed by atoms with Crippen LogP contribution in [0.25, 0.3) is 0 Å². The molecule has 1 aliphatic rings. The average molecular weight is 272 g/mol. The highest BCUT2D eigenvalue weighted by Gasteiger charge is 2.16. The predicted octanol–water partition coefficient (Wildman–Crippen LogP) is 2.40. The van der Waals surface area contributed by atoms with Crippen LogP contribution >= 0.6 is 0 Å². The molecule has 0 spiro atoms. The largest absolute Gasteiger partial charge is 0.488 e. The predicted molar refractivity (Wildman–Crippen MR) is 74.2 cm³/mol. The van der Waals surface area contributed by atoms with Gasteiger partial charge in [-0.05, 0) is 29.8 Å². The maximum absolute atomic E-state index is 9.46. The van der Waals surface area contributed by atoms with E-state index < -0.39 is 0 Å². The van der Waals surface area contributed by atoms with Crippen molar-refractivity contribution in [1.29, 1.82) is 0 Å². The van der Waals surface area contributed by atoms with Gasteiger partial charge < -0.3 is 19.3 Å². The van der Waals surface area contributed by atoms with Crippen LogP contribution in [0.15, 0.2) is 48.5 Å². The number of ether oxygens (including phenoxy) is 3. The Morgan fingerprint density at radius 3 is 2.65 bits per heavy atom. The summed E-state index contributed by atoms with van der Waals surface area (Å²) in [6, 6.07) is 15.3. The van der Waals surface area contributed by atoms with E-state index in [0.29, 0.717) is 6.42 Å². The summed E-state index contributed by atoms with van der Waals surface area (Å²) in [4.78, 5) is 0. The Balaban J connectivity index is 1.68. The van der Waals surface area contributed by atoms with E-state index in [2.05, 4.69) is 0 Å². The lowest BCUT2D eigenvalue weighted by atomic mass is 10.1. The third-order valence-corrected chi connectivity index (χ3v) is 3.15. The molecular formula is C16H16O4. The van der Waals surface area contributed by atoms with Gasteiger partial charge in [0.1, 0.15) is 11.9 Å². The number of hydrogen-bond acceptors (Lipinski definition) is 4. The summed E-state index contributed by atoms with van der Waals surface area (Å²) >= 11 is 0. The molecule has 4 heteroatoms. The van der Waals surface area contributed by atoms with Gasteiger partial charge in [0.05, 0.1) is 6.61 Å². The minimum absolute atomic E-state index is 0.0384. The Kier molecular flexibility index (Phi) is 3.74. The standard InChI is InChI=1S/C16H16O4/c17-10-14(20-13-4-2-1-3-5-13)8-12-6-7-15-16(9-12)19-11-18-15/h1-7,9,14,17H,8,10-11H2. The highest BCUT2D eigenvalue weighted by molar-refractivity contribution is 5.44. The molecule has 0 bridgehead atoms. The van der Waals surface area contributed by atoms with Crippen molar-refractivity contribution in [3.8, 4) is 17.2 Å². The number of aliphatic hydroxyl groups excluding tert-OH is 1. The summed E-state index contributed by atoms with van der Waals surface area (Å²) in [5, 5.41) is 9.46. The quantitative estimate of drug-likeness (QED) is 0.908. The van der Waals surface area contributed by atoms with Crippen LogP contribution in [0.4, 0.5) is 0 Å². The lowest BCUT2D eigenvalue weighted by Gasteiger charge is -2.17. The lowest BCUT2D eigenvalue weighted by molar-refractivity contribution is 0.115. The SMILES string of the molecule is OCC(Cc1ccc2c(c1)OCO2)Oc1ccccc1. The first-order chi connectivity index (χ1) is 9.85. The van der Waals surface area contributed by atoms with Crippen LogP contribution in [0.5, 0.6) is 17.2 Å². The molecule has 20 heavy (non-hydrogen) atoms. The van der Waals surface area contributed by atoms with Crippen molar-refractivity contribution < 1.29 is 19.3 Å².